The minimum Gasteiger partial charge on any atom is -0.0539 e. The molecule has 0 unspecified atom stereocenters. The zero-order valence-electron chi connectivity index (χ0n) is 3.41. The molecule has 0 spiro atoms. The van der Waals surface area contributed by atoms with Crippen LogP contribution in [0.4, 0.5) is 0 Å². The molecule has 0 atom stereocenters. The fourth-order valence-corrected chi connectivity index (χ4v) is 1.07. The minimum absolute atomic E-state index is 1.09. The van der Waals surface area contributed by atoms with Crippen LogP contribution in [0, 0.1) is 0 Å². The Labute approximate surface area is 36.0 Å². The first-order valence-corrected chi connectivity index (χ1v) is 3.04. The number of hydrogen-bond donors (Lipinski definition) is 0. The van der Waals surface area contributed by atoms with Gasteiger partial charge in [0.2, 0.25) is 0 Å². The van der Waals surface area contributed by atoms with Crippen molar-refractivity contribution in [1.29, 1.82) is 0 Å². The SMILES string of the molecule is [SiH2]C1CCC1. The third-order valence-corrected chi connectivity index (χ3v) is 2.04. The second-order valence-corrected chi connectivity index (χ2v) is 2.95. The first-order valence-electron chi connectivity index (χ1n) is 2.22. The lowest BCUT2D eigenvalue weighted by molar-refractivity contribution is 0.504. The summed E-state index contributed by atoms with van der Waals surface area (Å²) in [4.78, 5) is 0. The largest absolute Gasteiger partial charge is 0.0539 e. The van der Waals surface area contributed by atoms with Gasteiger partial charge >= 0.3 is 0 Å². The van der Waals surface area contributed by atoms with Crippen LogP contribution in [0.15, 0.2) is 0 Å². The molecule has 0 aliphatic heterocycles. The molecule has 0 heterocycles. The summed E-state index contributed by atoms with van der Waals surface area (Å²) in [6.07, 6.45) is 4.49. The van der Waals surface area contributed by atoms with Crippen LogP contribution in [-0.2, 0) is 0 Å². The first kappa shape index (κ1) is 3.41. The van der Waals surface area contributed by atoms with E-state index in [1.807, 2.05) is 0 Å². The molecule has 1 fully saturated rings. The Kier molecular flexibility index (Phi) is 0.770. The second kappa shape index (κ2) is 1.13. The van der Waals surface area contributed by atoms with Crippen molar-refractivity contribution in [2.75, 3.05) is 0 Å². The van der Waals surface area contributed by atoms with Crippen molar-refractivity contribution in [2.45, 2.75) is 24.8 Å². The lowest BCUT2D eigenvalue weighted by Crippen LogP contribution is -2.02. The third kappa shape index (κ3) is 0.536. The predicted molar refractivity (Wildman–Crippen MR) is 26.1 cm³/mol. The summed E-state index contributed by atoms with van der Waals surface area (Å²) in [7, 11) is 2.14. The molecule has 0 saturated heterocycles. The van der Waals surface area contributed by atoms with Gasteiger partial charge in [0.1, 0.15) is 0 Å². The van der Waals surface area contributed by atoms with E-state index in [1.165, 1.54) is 19.3 Å². The highest BCUT2D eigenvalue weighted by Gasteiger charge is 2.09. The average molecular weight is 85.2 g/mol. The molecule has 1 rings (SSSR count). The van der Waals surface area contributed by atoms with Gasteiger partial charge in [-0.3, -0.25) is 0 Å². The van der Waals surface area contributed by atoms with Gasteiger partial charge in [0, 0.05) is 10.2 Å². The van der Waals surface area contributed by atoms with Gasteiger partial charge < -0.3 is 0 Å². The highest BCUT2D eigenvalue weighted by molar-refractivity contribution is 6.12. The predicted octanol–water partition coefficient (Wildman–Crippen LogP) is 0.592. The Morgan fingerprint density at radius 2 is 1.80 bits per heavy atom. The van der Waals surface area contributed by atoms with Crippen LogP contribution in [0.25, 0.3) is 0 Å². The molecule has 1 saturated carbocycles. The summed E-state index contributed by atoms with van der Waals surface area (Å²) < 4.78 is 0. The molecule has 0 nitrogen and oxygen atoms in total. The molecule has 1 aliphatic rings. The third-order valence-electron chi connectivity index (χ3n) is 1.22. The molecule has 0 aromatic rings. The van der Waals surface area contributed by atoms with E-state index in [2.05, 4.69) is 10.2 Å². The molecule has 0 N–H and O–H groups in total. The molecule has 0 aromatic carbocycles. The highest BCUT2D eigenvalue weighted by Crippen LogP contribution is 2.27. The van der Waals surface area contributed by atoms with Crippen molar-refractivity contribution in [2.24, 2.45) is 0 Å². The maximum absolute atomic E-state index is 2.14. The molecule has 29 valence electrons. The maximum atomic E-state index is 2.14. The van der Waals surface area contributed by atoms with Gasteiger partial charge in [-0.15, -0.1) is 0 Å². The van der Waals surface area contributed by atoms with Crippen LogP contribution in [0.1, 0.15) is 19.3 Å². The maximum Gasteiger partial charge on any atom is 0.0121 e. The summed E-state index contributed by atoms with van der Waals surface area (Å²) in [5.74, 6) is 0. The van der Waals surface area contributed by atoms with Crippen molar-refractivity contribution in [3.8, 4) is 0 Å². The quantitative estimate of drug-likeness (QED) is 0.378. The van der Waals surface area contributed by atoms with Crippen LogP contribution in [-0.4, -0.2) is 10.2 Å². The summed E-state index contributed by atoms with van der Waals surface area (Å²) in [5, 5.41) is 0. The molecule has 0 amide bonds. The molecule has 0 aromatic heterocycles. The second-order valence-electron chi connectivity index (χ2n) is 1.80. The van der Waals surface area contributed by atoms with Gasteiger partial charge in [-0.05, 0) is 0 Å². The van der Waals surface area contributed by atoms with Gasteiger partial charge in [0.25, 0.3) is 0 Å². The van der Waals surface area contributed by atoms with Crippen molar-refractivity contribution in [3.05, 3.63) is 0 Å². The van der Waals surface area contributed by atoms with E-state index in [1.54, 1.807) is 0 Å². The van der Waals surface area contributed by atoms with E-state index in [0.717, 1.165) is 5.54 Å². The van der Waals surface area contributed by atoms with E-state index in [9.17, 15) is 0 Å². The molecule has 1 heteroatoms. The Hall–Kier alpha value is 0.217. The molecule has 1 aliphatic carbocycles. The van der Waals surface area contributed by atoms with E-state index in [-0.39, 0.29) is 0 Å². The monoisotopic (exact) mass is 85.0 g/mol. The van der Waals surface area contributed by atoms with Gasteiger partial charge in [-0.25, -0.2) is 0 Å². The highest BCUT2D eigenvalue weighted by atomic mass is 28.1. The van der Waals surface area contributed by atoms with Crippen LogP contribution in [0.2, 0.25) is 5.54 Å². The summed E-state index contributed by atoms with van der Waals surface area (Å²) in [6.45, 7) is 0. The van der Waals surface area contributed by atoms with E-state index >= 15 is 0 Å². The number of rotatable bonds is 0. The Morgan fingerprint density at radius 3 is 1.80 bits per heavy atom. The molecule has 0 bridgehead atoms. The van der Waals surface area contributed by atoms with Crippen LogP contribution >= 0.6 is 0 Å². The summed E-state index contributed by atoms with van der Waals surface area (Å²) >= 11 is 0. The van der Waals surface area contributed by atoms with E-state index < -0.39 is 0 Å². The summed E-state index contributed by atoms with van der Waals surface area (Å²) in [6, 6.07) is 0. The van der Waals surface area contributed by atoms with Gasteiger partial charge in [0.15, 0.2) is 0 Å². The Morgan fingerprint density at radius 1 is 1.40 bits per heavy atom. The summed E-state index contributed by atoms with van der Waals surface area (Å²) in [5.41, 5.74) is 1.09. The van der Waals surface area contributed by atoms with Crippen molar-refractivity contribution in [3.63, 3.8) is 0 Å². The Balaban J connectivity index is 2.08. The van der Waals surface area contributed by atoms with Crippen LogP contribution in [0.5, 0.6) is 0 Å². The normalized spacial score (nSPS) is 25.8. The topological polar surface area (TPSA) is 0 Å². The molecule has 5 heavy (non-hydrogen) atoms. The molecular weight excluding hydrogens is 76.1 g/mol. The zero-order valence-corrected chi connectivity index (χ0v) is 4.82. The zero-order chi connectivity index (χ0) is 3.70. The smallest absolute Gasteiger partial charge is 0.0121 e. The van der Waals surface area contributed by atoms with Crippen molar-refractivity contribution < 1.29 is 0 Å². The van der Waals surface area contributed by atoms with Gasteiger partial charge in [-0.1, -0.05) is 24.8 Å². The lowest BCUT2D eigenvalue weighted by atomic mass is 10.00. The van der Waals surface area contributed by atoms with Gasteiger partial charge in [-0.2, -0.15) is 0 Å². The van der Waals surface area contributed by atoms with Crippen LogP contribution < -0.4 is 0 Å². The standard InChI is InChI=1S/C4H9Si/c5-4-2-1-3-4/h4H,1-3,5H2. The Bertz CT molecular complexity index is 30.6. The van der Waals surface area contributed by atoms with E-state index in [4.69, 9.17) is 0 Å². The van der Waals surface area contributed by atoms with E-state index in [0.29, 0.717) is 0 Å². The number of hydrogen-bond acceptors (Lipinski definition) is 0. The minimum atomic E-state index is 1.09. The van der Waals surface area contributed by atoms with Crippen molar-refractivity contribution >= 4 is 10.2 Å². The van der Waals surface area contributed by atoms with Crippen molar-refractivity contribution in [1.82, 2.24) is 0 Å². The van der Waals surface area contributed by atoms with Crippen LogP contribution in [0.3, 0.4) is 0 Å². The lowest BCUT2D eigenvalue weighted by Gasteiger charge is -2.18. The fraction of sp³-hybridized carbons (Fsp3) is 1.00. The van der Waals surface area contributed by atoms with Gasteiger partial charge in [0.05, 0.1) is 0 Å². The first-order chi connectivity index (χ1) is 2.39. The molecule has 1 radical (unpaired) electrons. The fourth-order valence-electron chi connectivity index (χ4n) is 0.493. The molecular formula is C4H9Si. The average Bonchev–Trinajstić information content (AvgIpc) is 1.30.